The van der Waals surface area contributed by atoms with Crippen molar-refractivity contribution in [1.29, 1.82) is 0 Å². The molecule has 3 rings (SSSR count). The molecule has 7 heteroatoms. The molecule has 1 atom stereocenters. The number of aromatic nitrogens is 1. The highest BCUT2D eigenvalue weighted by molar-refractivity contribution is 7.07. The van der Waals surface area contributed by atoms with Crippen LogP contribution in [0.1, 0.15) is 55.5 Å². The van der Waals surface area contributed by atoms with Gasteiger partial charge in [-0.15, -0.1) is 0 Å². The summed E-state index contributed by atoms with van der Waals surface area (Å²) < 4.78 is 5.73. The van der Waals surface area contributed by atoms with E-state index in [1.165, 1.54) is 18.4 Å². The number of oxazole rings is 1. The maximum absolute atomic E-state index is 5.73. The fraction of sp³-hybridized carbons (Fsp3) is 0.636. The van der Waals surface area contributed by atoms with Gasteiger partial charge in [-0.3, -0.25) is 9.89 Å². The Hall–Kier alpha value is -1.86. The molecule has 0 aromatic carbocycles. The van der Waals surface area contributed by atoms with Crippen LogP contribution in [0, 0.1) is 19.8 Å². The fourth-order valence-electron chi connectivity index (χ4n) is 3.62. The van der Waals surface area contributed by atoms with Crippen LogP contribution in [0.3, 0.4) is 0 Å². The van der Waals surface area contributed by atoms with Crippen molar-refractivity contribution in [2.24, 2.45) is 10.9 Å². The second kappa shape index (κ2) is 10.8. The van der Waals surface area contributed by atoms with Gasteiger partial charge in [0.25, 0.3) is 0 Å². The number of nitrogens with zero attached hydrogens (tertiary/aromatic N) is 3. The molecule has 3 heterocycles. The molecule has 1 unspecified atom stereocenters. The Kier molecular flexibility index (Phi) is 8.12. The van der Waals surface area contributed by atoms with E-state index in [-0.39, 0.29) is 0 Å². The van der Waals surface area contributed by atoms with Crippen LogP contribution in [-0.2, 0) is 6.54 Å². The summed E-state index contributed by atoms with van der Waals surface area (Å²) >= 11 is 1.75. The van der Waals surface area contributed by atoms with Crippen LogP contribution < -0.4 is 10.6 Å². The summed E-state index contributed by atoms with van der Waals surface area (Å²) in [5.74, 6) is 3.84. The summed E-state index contributed by atoms with van der Waals surface area (Å²) in [6.07, 6.45) is 2.38. The quantitative estimate of drug-likeness (QED) is 0.503. The molecule has 1 aliphatic heterocycles. The molecule has 0 saturated carbocycles. The van der Waals surface area contributed by atoms with Crippen molar-refractivity contribution in [2.45, 2.75) is 53.0 Å². The first kappa shape index (κ1) is 21.8. The van der Waals surface area contributed by atoms with Crippen molar-refractivity contribution in [3.63, 3.8) is 0 Å². The first-order valence-electron chi connectivity index (χ1n) is 10.7. The highest BCUT2D eigenvalue weighted by Crippen LogP contribution is 2.20. The zero-order chi connectivity index (χ0) is 20.6. The normalized spacial score (nSPS) is 17.4. The number of piperidine rings is 1. The van der Waals surface area contributed by atoms with Crippen LogP contribution in [-0.4, -0.2) is 48.6 Å². The Morgan fingerprint density at radius 3 is 2.76 bits per heavy atom. The molecule has 1 fully saturated rings. The van der Waals surface area contributed by atoms with Crippen LogP contribution in [0.25, 0.3) is 0 Å². The summed E-state index contributed by atoms with van der Waals surface area (Å²) in [4.78, 5) is 11.8. The van der Waals surface area contributed by atoms with E-state index in [0.29, 0.717) is 11.8 Å². The minimum Gasteiger partial charge on any atom is -0.444 e. The smallest absolute Gasteiger partial charge is 0.208 e. The van der Waals surface area contributed by atoms with Crippen LogP contribution in [0.5, 0.6) is 0 Å². The lowest BCUT2D eigenvalue weighted by Gasteiger charge is -2.31. The number of aryl methyl sites for hydroxylation is 2. The first-order chi connectivity index (χ1) is 14.0. The van der Waals surface area contributed by atoms with Crippen molar-refractivity contribution in [3.05, 3.63) is 39.7 Å². The third-order valence-corrected chi connectivity index (χ3v) is 6.38. The first-order valence-corrected chi connectivity index (χ1v) is 11.7. The van der Waals surface area contributed by atoms with E-state index in [4.69, 9.17) is 9.41 Å². The summed E-state index contributed by atoms with van der Waals surface area (Å²) in [5.41, 5.74) is 2.38. The number of aliphatic imine (C=N–C) groups is 1. The van der Waals surface area contributed by atoms with Gasteiger partial charge in [0.2, 0.25) is 5.89 Å². The second-order valence-corrected chi connectivity index (χ2v) is 8.81. The third-order valence-electron chi connectivity index (χ3n) is 5.68. The third kappa shape index (κ3) is 6.57. The minimum absolute atomic E-state index is 0.447. The van der Waals surface area contributed by atoms with Gasteiger partial charge in [0.05, 0.1) is 12.2 Å². The molecule has 2 aromatic rings. The molecule has 0 spiro atoms. The number of hydrogen-bond acceptors (Lipinski definition) is 5. The Balaban J connectivity index is 1.41. The lowest BCUT2D eigenvalue weighted by atomic mass is 9.97. The predicted molar refractivity (Wildman–Crippen MR) is 121 cm³/mol. The number of hydrogen-bond donors (Lipinski definition) is 2. The number of guanidine groups is 1. The molecule has 6 nitrogen and oxygen atoms in total. The molecule has 29 heavy (non-hydrogen) atoms. The summed E-state index contributed by atoms with van der Waals surface area (Å²) in [5, 5.41) is 11.3. The lowest BCUT2D eigenvalue weighted by molar-refractivity contribution is 0.164. The maximum Gasteiger partial charge on any atom is 0.208 e. The average Bonchev–Trinajstić information content (AvgIpc) is 3.35. The van der Waals surface area contributed by atoms with Crippen LogP contribution in [0.15, 0.2) is 26.2 Å². The van der Waals surface area contributed by atoms with E-state index < -0.39 is 0 Å². The standard InChI is InChI=1S/C22H35N5OS/c1-5-23-22(24-12-16(2)20-8-11-29-15-20)25-13-19-6-9-27(10-7-19)14-21-26-17(3)18(4)28-21/h8,11,15-16,19H,5-7,9-10,12-14H2,1-4H3,(H2,23,24,25). The van der Waals surface area contributed by atoms with Crippen molar-refractivity contribution >= 4 is 17.3 Å². The molecule has 0 bridgehead atoms. The monoisotopic (exact) mass is 417 g/mol. The molecule has 1 aliphatic rings. The van der Waals surface area contributed by atoms with Gasteiger partial charge in [-0.2, -0.15) is 11.3 Å². The largest absolute Gasteiger partial charge is 0.444 e. The van der Waals surface area contributed by atoms with Gasteiger partial charge in [0.15, 0.2) is 5.96 Å². The summed E-state index contributed by atoms with van der Waals surface area (Å²) in [6.45, 7) is 14.0. The molecule has 0 amide bonds. The van der Waals surface area contributed by atoms with Gasteiger partial charge < -0.3 is 15.1 Å². The van der Waals surface area contributed by atoms with E-state index in [2.05, 4.69) is 51.2 Å². The van der Waals surface area contributed by atoms with E-state index in [1.54, 1.807) is 11.3 Å². The van der Waals surface area contributed by atoms with E-state index in [1.807, 2.05) is 13.8 Å². The number of rotatable bonds is 8. The summed E-state index contributed by atoms with van der Waals surface area (Å²) in [7, 11) is 0. The van der Waals surface area contributed by atoms with Gasteiger partial charge in [0.1, 0.15) is 5.76 Å². The average molecular weight is 418 g/mol. The number of likely N-dealkylation sites (tertiary alicyclic amines) is 1. The molecule has 2 aromatic heterocycles. The topological polar surface area (TPSA) is 65.7 Å². The maximum atomic E-state index is 5.73. The highest BCUT2D eigenvalue weighted by atomic mass is 32.1. The minimum atomic E-state index is 0.447. The number of thiophene rings is 1. The Labute approximate surface area is 178 Å². The molecule has 1 saturated heterocycles. The van der Waals surface area contributed by atoms with Crippen molar-refractivity contribution in [3.8, 4) is 0 Å². The van der Waals surface area contributed by atoms with Crippen LogP contribution in [0.2, 0.25) is 0 Å². The van der Waals surface area contributed by atoms with Gasteiger partial charge in [-0.25, -0.2) is 4.98 Å². The van der Waals surface area contributed by atoms with Crippen molar-refractivity contribution in [1.82, 2.24) is 20.5 Å². The number of nitrogens with one attached hydrogen (secondary N) is 2. The Bertz CT molecular complexity index is 743. The van der Waals surface area contributed by atoms with E-state index in [0.717, 1.165) is 62.6 Å². The Morgan fingerprint density at radius 1 is 1.34 bits per heavy atom. The van der Waals surface area contributed by atoms with Gasteiger partial charge >= 0.3 is 0 Å². The molecular formula is C22H35N5OS. The zero-order valence-corrected chi connectivity index (χ0v) is 19.0. The van der Waals surface area contributed by atoms with Gasteiger partial charge in [0, 0.05) is 25.6 Å². The van der Waals surface area contributed by atoms with Crippen LogP contribution >= 0.6 is 11.3 Å². The van der Waals surface area contributed by atoms with Gasteiger partial charge in [-0.1, -0.05) is 6.92 Å². The molecular weight excluding hydrogens is 382 g/mol. The SMILES string of the molecule is CCNC(=NCC(C)c1ccsc1)NCC1CCN(Cc2nc(C)c(C)o2)CC1. The molecule has 0 aliphatic carbocycles. The van der Waals surface area contributed by atoms with E-state index in [9.17, 15) is 0 Å². The van der Waals surface area contributed by atoms with Crippen molar-refractivity contribution in [2.75, 3.05) is 32.7 Å². The van der Waals surface area contributed by atoms with Crippen molar-refractivity contribution < 1.29 is 4.42 Å². The lowest BCUT2D eigenvalue weighted by Crippen LogP contribution is -2.43. The van der Waals surface area contributed by atoms with E-state index >= 15 is 0 Å². The second-order valence-electron chi connectivity index (χ2n) is 8.03. The fourth-order valence-corrected chi connectivity index (χ4v) is 4.40. The Morgan fingerprint density at radius 2 is 2.14 bits per heavy atom. The molecule has 2 N–H and O–H groups in total. The summed E-state index contributed by atoms with van der Waals surface area (Å²) in [6, 6.07) is 2.19. The highest BCUT2D eigenvalue weighted by Gasteiger charge is 2.21. The molecule has 0 radical (unpaired) electrons. The molecule has 160 valence electrons. The predicted octanol–water partition coefficient (Wildman–Crippen LogP) is 3.92. The van der Waals surface area contributed by atoms with Crippen LogP contribution in [0.4, 0.5) is 0 Å². The zero-order valence-electron chi connectivity index (χ0n) is 18.2. The van der Waals surface area contributed by atoms with Gasteiger partial charge in [-0.05, 0) is 75.0 Å².